The van der Waals surface area contributed by atoms with Crippen molar-refractivity contribution in [1.29, 1.82) is 0 Å². The largest absolute Gasteiger partial charge is 0.486 e. The van der Waals surface area contributed by atoms with Crippen LogP contribution in [-0.4, -0.2) is 46.9 Å². The molecule has 1 aliphatic heterocycles. The topological polar surface area (TPSA) is 83.6 Å². The number of carbonyl (C=O) groups is 2. The lowest BCUT2D eigenvalue weighted by Gasteiger charge is -2.27. The molecule has 2 aromatic carbocycles. The van der Waals surface area contributed by atoms with Crippen molar-refractivity contribution in [3.05, 3.63) is 88.7 Å². The maximum atomic E-state index is 13.4. The molecular formula is C26H27ClN4O3. The molecule has 2 N–H and O–H groups in total. The highest BCUT2D eigenvalue weighted by atomic mass is 35.5. The number of carbonyl (C=O) groups excluding carboxylic acids is 2. The van der Waals surface area contributed by atoms with Crippen molar-refractivity contribution < 1.29 is 14.3 Å². The van der Waals surface area contributed by atoms with Crippen LogP contribution in [-0.2, 0) is 6.54 Å². The van der Waals surface area contributed by atoms with Gasteiger partial charge in [-0.1, -0.05) is 29.8 Å². The number of hydrogen-bond donors (Lipinski definition) is 2. The summed E-state index contributed by atoms with van der Waals surface area (Å²) in [5.74, 6) is -0.189. The van der Waals surface area contributed by atoms with E-state index in [0.29, 0.717) is 47.2 Å². The maximum Gasteiger partial charge on any atom is 0.259 e. The third kappa shape index (κ3) is 5.55. The van der Waals surface area contributed by atoms with E-state index >= 15 is 0 Å². The van der Waals surface area contributed by atoms with E-state index in [2.05, 4.69) is 15.6 Å². The molecule has 2 heterocycles. The molecule has 176 valence electrons. The van der Waals surface area contributed by atoms with Gasteiger partial charge in [-0.3, -0.25) is 14.6 Å². The van der Waals surface area contributed by atoms with E-state index in [4.69, 9.17) is 16.3 Å². The predicted molar refractivity (Wildman–Crippen MR) is 132 cm³/mol. The molecule has 8 heteroatoms. The predicted octanol–water partition coefficient (Wildman–Crippen LogP) is 4.39. The number of rotatable bonds is 7. The van der Waals surface area contributed by atoms with Gasteiger partial charge in [-0.25, -0.2) is 0 Å². The molecule has 0 saturated carbocycles. The van der Waals surface area contributed by atoms with Crippen LogP contribution in [0.3, 0.4) is 0 Å². The summed E-state index contributed by atoms with van der Waals surface area (Å²) in [7, 11) is 0. The van der Waals surface area contributed by atoms with Gasteiger partial charge in [0.05, 0.1) is 17.7 Å². The third-order valence-electron chi connectivity index (χ3n) is 5.61. The minimum Gasteiger partial charge on any atom is -0.486 e. The Kier molecular flexibility index (Phi) is 7.45. The lowest BCUT2D eigenvalue weighted by atomic mass is 10.1. The quantitative estimate of drug-likeness (QED) is 0.526. The van der Waals surface area contributed by atoms with Gasteiger partial charge < -0.3 is 20.3 Å². The van der Waals surface area contributed by atoms with Crippen LogP contribution in [0.2, 0.25) is 5.02 Å². The number of para-hydroxylation sites is 1. The number of nitrogens with one attached hydrogen (secondary N) is 2. The first-order chi connectivity index (χ1) is 16.4. The molecule has 0 aliphatic carbocycles. The zero-order valence-corrected chi connectivity index (χ0v) is 19.9. The second kappa shape index (κ2) is 10.7. The zero-order valence-electron chi connectivity index (χ0n) is 19.1. The summed E-state index contributed by atoms with van der Waals surface area (Å²) < 4.78 is 6.34. The van der Waals surface area contributed by atoms with E-state index in [1.807, 2.05) is 38.1 Å². The Bertz CT molecular complexity index is 1150. The summed E-state index contributed by atoms with van der Waals surface area (Å²) in [5, 5.41) is 6.94. The summed E-state index contributed by atoms with van der Waals surface area (Å²) in [6.45, 7) is 5.48. The average Bonchev–Trinajstić information content (AvgIpc) is 2.97. The SMILES string of the molecule is CC(C)N1C[C@@H](CNCc2ccc(Cl)cc2)Oc2c(C(=O)Nc3ccncc3)cccc2C1=O. The van der Waals surface area contributed by atoms with E-state index in [9.17, 15) is 9.59 Å². The lowest BCUT2D eigenvalue weighted by molar-refractivity contribution is 0.0646. The number of amides is 2. The van der Waals surface area contributed by atoms with Crippen molar-refractivity contribution in [2.24, 2.45) is 0 Å². The molecule has 1 aliphatic rings. The smallest absolute Gasteiger partial charge is 0.259 e. The summed E-state index contributed by atoms with van der Waals surface area (Å²) >= 11 is 5.97. The van der Waals surface area contributed by atoms with Crippen LogP contribution in [0.1, 0.15) is 40.1 Å². The van der Waals surface area contributed by atoms with Gasteiger partial charge in [-0.15, -0.1) is 0 Å². The van der Waals surface area contributed by atoms with E-state index < -0.39 is 0 Å². The summed E-state index contributed by atoms with van der Waals surface area (Å²) in [6.07, 6.45) is 2.86. The van der Waals surface area contributed by atoms with E-state index in [0.717, 1.165) is 5.56 Å². The minimum absolute atomic E-state index is 0.0184. The van der Waals surface area contributed by atoms with Crippen LogP contribution in [0.5, 0.6) is 5.75 Å². The average molecular weight is 479 g/mol. The van der Waals surface area contributed by atoms with Crippen LogP contribution in [0.4, 0.5) is 5.69 Å². The van der Waals surface area contributed by atoms with Crippen LogP contribution < -0.4 is 15.4 Å². The van der Waals surface area contributed by atoms with Crippen molar-refractivity contribution in [3.8, 4) is 5.75 Å². The molecule has 0 radical (unpaired) electrons. The highest BCUT2D eigenvalue weighted by Crippen LogP contribution is 2.31. The van der Waals surface area contributed by atoms with Crippen LogP contribution >= 0.6 is 11.6 Å². The number of anilines is 1. The van der Waals surface area contributed by atoms with Crippen LogP contribution in [0.25, 0.3) is 0 Å². The van der Waals surface area contributed by atoms with Crippen molar-refractivity contribution in [2.75, 3.05) is 18.4 Å². The van der Waals surface area contributed by atoms with Crippen molar-refractivity contribution in [2.45, 2.75) is 32.5 Å². The molecule has 2 amide bonds. The molecule has 0 saturated heterocycles. The highest BCUT2D eigenvalue weighted by Gasteiger charge is 2.33. The van der Waals surface area contributed by atoms with Gasteiger partial charge in [0.25, 0.3) is 11.8 Å². The van der Waals surface area contributed by atoms with Gasteiger partial charge in [0.2, 0.25) is 0 Å². The van der Waals surface area contributed by atoms with Crippen LogP contribution in [0.15, 0.2) is 67.0 Å². The van der Waals surface area contributed by atoms with E-state index in [1.165, 1.54) is 0 Å². The molecule has 0 bridgehead atoms. The standard InChI is InChI=1S/C26H27ClN4O3/c1-17(2)31-16-21(15-29-14-18-6-8-19(27)9-7-18)34-24-22(4-3-5-23(24)26(31)33)25(32)30-20-10-12-28-13-11-20/h3-13,17,21,29H,14-16H2,1-2H3,(H,28,30,32)/t21-/m1/s1. The molecule has 1 aromatic heterocycles. The monoisotopic (exact) mass is 478 g/mol. The number of ether oxygens (including phenoxy) is 1. The summed E-state index contributed by atoms with van der Waals surface area (Å²) in [5.41, 5.74) is 2.41. The number of nitrogens with zero attached hydrogens (tertiary/aromatic N) is 2. The highest BCUT2D eigenvalue weighted by molar-refractivity contribution is 6.30. The van der Waals surface area contributed by atoms with Crippen molar-refractivity contribution in [3.63, 3.8) is 0 Å². The second-order valence-corrected chi connectivity index (χ2v) is 8.86. The number of aromatic nitrogens is 1. The Morgan fingerprint density at radius 2 is 1.88 bits per heavy atom. The Morgan fingerprint density at radius 1 is 1.15 bits per heavy atom. The zero-order chi connectivity index (χ0) is 24.1. The van der Waals surface area contributed by atoms with E-state index in [-0.39, 0.29) is 24.0 Å². The molecule has 34 heavy (non-hydrogen) atoms. The summed E-state index contributed by atoms with van der Waals surface area (Å²) in [4.78, 5) is 32.2. The molecule has 7 nitrogen and oxygen atoms in total. The fourth-order valence-corrected chi connectivity index (χ4v) is 3.96. The van der Waals surface area contributed by atoms with Crippen LogP contribution in [0, 0.1) is 0 Å². The number of pyridine rings is 1. The van der Waals surface area contributed by atoms with Gasteiger partial charge in [0.15, 0.2) is 0 Å². The lowest BCUT2D eigenvalue weighted by Crippen LogP contribution is -2.44. The first-order valence-corrected chi connectivity index (χ1v) is 11.6. The fraction of sp³-hybridized carbons (Fsp3) is 0.269. The van der Waals surface area contributed by atoms with Gasteiger partial charge in [0, 0.05) is 42.2 Å². The molecule has 0 spiro atoms. The van der Waals surface area contributed by atoms with Crippen molar-refractivity contribution in [1.82, 2.24) is 15.2 Å². The number of halogens is 1. The van der Waals surface area contributed by atoms with Gasteiger partial charge >= 0.3 is 0 Å². The van der Waals surface area contributed by atoms with E-state index in [1.54, 1.807) is 47.6 Å². The second-order valence-electron chi connectivity index (χ2n) is 8.42. The molecular weight excluding hydrogens is 452 g/mol. The number of fused-ring (bicyclic) bond motifs is 1. The molecule has 4 rings (SSSR count). The van der Waals surface area contributed by atoms with Crippen molar-refractivity contribution >= 4 is 29.1 Å². The normalized spacial score (nSPS) is 15.5. The van der Waals surface area contributed by atoms with Gasteiger partial charge in [0.1, 0.15) is 11.9 Å². The Labute approximate surface area is 204 Å². The Morgan fingerprint density at radius 3 is 2.59 bits per heavy atom. The first kappa shape index (κ1) is 23.7. The maximum absolute atomic E-state index is 13.4. The molecule has 0 fully saturated rings. The Balaban J connectivity index is 1.57. The Hall–Kier alpha value is -3.42. The molecule has 0 unspecified atom stereocenters. The van der Waals surface area contributed by atoms with Gasteiger partial charge in [-0.05, 0) is 55.8 Å². The molecule has 3 aromatic rings. The number of hydrogen-bond acceptors (Lipinski definition) is 5. The minimum atomic E-state index is -0.346. The number of benzene rings is 2. The molecule has 1 atom stereocenters. The first-order valence-electron chi connectivity index (χ1n) is 11.2. The summed E-state index contributed by atoms with van der Waals surface area (Å²) in [6, 6.07) is 16.1. The fourth-order valence-electron chi connectivity index (χ4n) is 3.84. The van der Waals surface area contributed by atoms with Gasteiger partial charge in [-0.2, -0.15) is 0 Å². The third-order valence-corrected chi connectivity index (χ3v) is 5.86.